The third kappa shape index (κ3) is 8.13. The monoisotopic (exact) mass is 529 g/mol. The van der Waals surface area contributed by atoms with Crippen molar-refractivity contribution in [2.24, 2.45) is 11.8 Å². The summed E-state index contributed by atoms with van der Waals surface area (Å²) in [5.74, 6) is -1.29. The Morgan fingerprint density at radius 3 is 2.68 bits per heavy atom. The van der Waals surface area contributed by atoms with Gasteiger partial charge in [0.15, 0.2) is 11.6 Å². The second-order valence-corrected chi connectivity index (χ2v) is 10.4. The molecule has 2 bridgehead atoms. The number of ether oxygens (including phenoxy) is 1. The molecule has 1 saturated heterocycles. The summed E-state index contributed by atoms with van der Waals surface area (Å²) in [7, 11) is 0. The molecule has 10 nitrogen and oxygen atoms in total. The lowest BCUT2D eigenvalue weighted by molar-refractivity contribution is -0.158. The molecule has 2 aliphatic heterocycles. The van der Waals surface area contributed by atoms with Crippen LogP contribution in [-0.4, -0.2) is 75.3 Å². The van der Waals surface area contributed by atoms with E-state index in [-0.39, 0.29) is 42.2 Å². The number of aliphatic hydroxyl groups is 2. The van der Waals surface area contributed by atoms with E-state index in [2.05, 4.69) is 10.3 Å². The van der Waals surface area contributed by atoms with Gasteiger partial charge in [-0.15, -0.1) is 0 Å². The highest BCUT2D eigenvalue weighted by Gasteiger charge is 2.38. The third-order valence-corrected chi connectivity index (χ3v) is 6.69. The summed E-state index contributed by atoms with van der Waals surface area (Å²) >= 11 is 0. The quantitative estimate of drug-likeness (QED) is 0.471. The first-order valence-electron chi connectivity index (χ1n) is 13.2. The Morgan fingerprint density at radius 1 is 1.18 bits per heavy atom. The third-order valence-electron chi connectivity index (χ3n) is 6.69. The number of rotatable bonds is 1. The van der Waals surface area contributed by atoms with Crippen LogP contribution in [-0.2, 0) is 20.7 Å². The van der Waals surface area contributed by atoms with Crippen LogP contribution in [0.1, 0.15) is 63.3 Å². The number of aliphatic hydroxyl groups excluding tert-OH is 2. The number of allylic oxidation sites excluding steroid dienone is 2. The predicted octanol–water partition coefficient (Wildman–Crippen LogP) is 2.33. The summed E-state index contributed by atoms with van der Waals surface area (Å²) in [6, 6.07) is -0.743. The van der Waals surface area contributed by atoms with Gasteiger partial charge in [-0.2, -0.15) is 0 Å². The molecule has 0 radical (unpaired) electrons. The number of aromatic nitrogens is 1. The van der Waals surface area contributed by atoms with Gasteiger partial charge in [0, 0.05) is 25.4 Å². The number of hydrogen-bond donors (Lipinski definition) is 3. The molecule has 0 spiro atoms. The van der Waals surface area contributed by atoms with E-state index in [9.17, 15) is 24.6 Å². The number of nitrogens with zero attached hydrogens (tertiary/aromatic N) is 2. The van der Waals surface area contributed by atoms with Crippen LogP contribution >= 0.6 is 0 Å². The Labute approximate surface area is 223 Å². The smallest absolute Gasteiger partial charge is 0.329 e. The highest BCUT2D eigenvalue weighted by atomic mass is 16.5. The summed E-state index contributed by atoms with van der Waals surface area (Å²) in [5.41, 5.74) is 0.821. The Bertz CT molecular complexity index is 1070. The normalized spacial score (nSPS) is 31.7. The van der Waals surface area contributed by atoms with E-state index in [0.717, 1.165) is 5.57 Å². The maximum absolute atomic E-state index is 13.2. The fraction of sp³-hybridized carbons (Fsp3) is 0.571. The second kappa shape index (κ2) is 13.5. The van der Waals surface area contributed by atoms with Gasteiger partial charge in [0.2, 0.25) is 5.91 Å². The maximum atomic E-state index is 13.2. The fourth-order valence-corrected chi connectivity index (χ4v) is 4.77. The Balaban J connectivity index is 1.85. The van der Waals surface area contributed by atoms with Crippen LogP contribution in [0.25, 0.3) is 0 Å². The highest BCUT2D eigenvalue weighted by molar-refractivity contribution is 5.95. The van der Waals surface area contributed by atoms with Crippen LogP contribution in [0.2, 0.25) is 0 Å². The number of carbonyl (C=O) groups is 3. The first kappa shape index (κ1) is 29.3. The summed E-state index contributed by atoms with van der Waals surface area (Å²) in [6.45, 7) is 8.25. The zero-order valence-corrected chi connectivity index (χ0v) is 22.5. The molecule has 10 heteroatoms. The number of oxazole rings is 1. The zero-order chi connectivity index (χ0) is 27.8. The van der Waals surface area contributed by atoms with E-state index in [1.165, 1.54) is 17.2 Å². The molecule has 2 aliphatic rings. The molecule has 5 atom stereocenters. The van der Waals surface area contributed by atoms with E-state index in [1.54, 1.807) is 24.3 Å². The zero-order valence-electron chi connectivity index (χ0n) is 22.5. The molecule has 3 N–H and O–H groups in total. The Kier molecular flexibility index (Phi) is 10.4. The van der Waals surface area contributed by atoms with Crippen molar-refractivity contribution < 1.29 is 33.8 Å². The van der Waals surface area contributed by atoms with Gasteiger partial charge < -0.3 is 29.6 Å². The molecule has 3 rings (SSSR count). The minimum atomic E-state index is -0.947. The van der Waals surface area contributed by atoms with Crippen molar-refractivity contribution in [2.75, 3.05) is 13.1 Å². The largest absolute Gasteiger partial charge is 0.460 e. The van der Waals surface area contributed by atoms with Crippen molar-refractivity contribution in [3.05, 3.63) is 53.8 Å². The van der Waals surface area contributed by atoms with Crippen molar-refractivity contribution in [1.29, 1.82) is 0 Å². The first-order chi connectivity index (χ1) is 18.0. The topological polar surface area (TPSA) is 142 Å². The second-order valence-electron chi connectivity index (χ2n) is 10.4. The van der Waals surface area contributed by atoms with Gasteiger partial charge in [-0.05, 0) is 31.8 Å². The van der Waals surface area contributed by atoms with E-state index < -0.39 is 36.2 Å². The minimum Gasteiger partial charge on any atom is -0.460 e. The molecule has 3 heterocycles. The summed E-state index contributed by atoms with van der Waals surface area (Å²) in [6.07, 6.45) is 8.37. The number of nitrogens with one attached hydrogen (secondary N) is 1. The molecular formula is C28H39N3O7. The van der Waals surface area contributed by atoms with Gasteiger partial charge in [0.25, 0.3) is 5.91 Å². The van der Waals surface area contributed by atoms with E-state index in [4.69, 9.17) is 9.15 Å². The number of carbonyl (C=O) groups excluding carboxylic acids is 3. The molecule has 1 aromatic rings. The van der Waals surface area contributed by atoms with Crippen LogP contribution in [0.4, 0.5) is 0 Å². The lowest BCUT2D eigenvalue weighted by Gasteiger charge is -2.29. The van der Waals surface area contributed by atoms with Crippen molar-refractivity contribution in [3.8, 4) is 0 Å². The van der Waals surface area contributed by atoms with Crippen LogP contribution in [0, 0.1) is 11.8 Å². The lowest BCUT2D eigenvalue weighted by Crippen LogP contribution is -2.44. The predicted molar refractivity (Wildman–Crippen MR) is 140 cm³/mol. The SMILES string of the molecule is CC1=C\[C@@H](O)C[C@H](O)Cc2nc(co2)C(=O)N2CCC[C@@H]2C(=O)O[C@H](C(C)C)[C@H](C)/C=C/C(=O)NC\C=C\1. The van der Waals surface area contributed by atoms with Crippen molar-refractivity contribution in [1.82, 2.24) is 15.2 Å². The molecule has 1 fully saturated rings. The standard InChI is InChI=1S/C28H39N3O7/c1-17(2)26-19(4)9-10-24(34)29-11-5-7-18(3)13-20(32)14-21(33)15-25-30-22(16-37-25)27(35)31-12-6-8-23(31)28(36)38-26/h5,7,9-10,13,16-17,19-21,23,26,32-33H,6,8,11-12,14-15H2,1-4H3,(H,29,34)/b7-5+,10-9+,18-13+/t19-,20-,21+,23-,26-/m1/s1. The van der Waals surface area contributed by atoms with Crippen LogP contribution < -0.4 is 5.32 Å². The molecule has 0 saturated carbocycles. The fourth-order valence-electron chi connectivity index (χ4n) is 4.77. The van der Waals surface area contributed by atoms with Gasteiger partial charge in [0.1, 0.15) is 18.4 Å². The average Bonchev–Trinajstić information content (AvgIpc) is 3.52. The van der Waals surface area contributed by atoms with Crippen LogP contribution in [0.15, 0.2) is 46.6 Å². The molecule has 208 valence electrons. The van der Waals surface area contributed by atoms with Gasteiger partial charge in [-0.25, -0.2) is 9.78 Å². The Morgan fingerprint density at radius 2 is 1.95 bits per heavy atom. The van der Waals surface area contributed by atoms with Gasteiger partial charge in [-0.3, -0.25) is 9.59 Å². The van der Waals surface area contributed by atoms with E-state index >= 15 is 0 Å². The molecule has 2 amide bonds. The maximum Gasteiger partial charge on any atom is 0.329 e. The molecular weight excluding hydrogens is 490 g/mol. The highest BCUT2D eigenvalue weighted by Crippen LogP contribution is 2.25. The van der Waals surface area contributed by atoms with E-state index in [1.807, 2.05) is 27.7 Å². The van der Waals surface area contributed by atoms with Crippen molar-refractivity contribution in [3.63, 3.8) is 0 Å². The molecule has 0 unspecified atom stereocenters. The summed E-state index contributed by atoms with van der Waals surface area (Å²) in [4.78, 5) is 44.3. The number of cyclic esters (lactones) is 1. The lowest BCUT2D eigenvalue weighted by atomic mass is 9.94. The van der Waals surface area contributed by atoms with Gasteiger partial charge >= 0.3 is 5.97 Å². The van der Waals surface area contributed by atoms with Crippen LogP contribution in [0.3, 0.4) is 0 Å². The summed E-state index contributed by atoms with van der Waals surface area (Å²) < 4.78 is 11.3. The van der Waals surface area contributed by atoms with Gasteiger partial charge in [-0.1, -0.05) is 50.6 Å². The van der Waals surface area contributed by atoms with E-state index in [0.29, 0.717) is 25.9 Å². The average molecular weight is 530 g/mol. The Hall–Kier alpha value is -3.24. The van der Waals surface area contributed by atoms with Gasteiger partial charge in [0.05, 0.1) is 18.6 Å². The minimum absolute atomic E-state index is 0.0146. The molecule has 38 heavy (non-hydrogen) atoms. The van der Waals surface area contributed by atoms with Crippen molar-refractivity contribution in [2.45, 2.75) is 77.7 Å². The molecule has 1 aromatic heterocycles. The summed E-state index contributed by atoms with van der Waals surface area (Å²) in [5, 5.41) is 23.5. The van der Waals surface area contributed by atoms with Crippen molar-refractivity contribution >= 4 is 17.8 Å². The number of amides is 2. The number of fused-ring (bicyclic) bond motifs is 3. The number of hydrogen-bond acceptors (Lipinski definition) is 8. The number of esters is 1. The molecule has 0 aromatic carbocycles. The molecule has 0 aliphatic carbocycles. The first-order valence-corrected chi connectivity index (χ1v) is 13.2. The van der Waals surface area contributed by atoms with Crippen LogP contribution in [0.5, 0.6) is 0 Å².